The first-order chi connectivity index (χ1) is 16.9. The van der Waals surface area contributed by atoms with E-state index in [9.17, 15) is 4.79 Å². The number of nitrogens with two attached hydrogens (primary N) is 2. The number of aliphatic imine (C=N–C) groups is 2. The molecule has 2 aromatic heterocycles. The van der Waals surface area contributed by atoms with Gasteiger partial charge in [0.2, 0.25) is 11.6 Å². The van der Waals surface area contributed by atoms with Crippen LogP contribution in [0.1, 0.15) is 31.2 Å². The summed E-state index contributed by atoms with van der Waals surface area (Å²) in [4.78, 5) is 27.1. The van der Waals surface area contributed by atoms with E-state index in [1.807, 2.05) is 41.9 Å². The summed E-state index contributed by atoms with van der Waals surface area (Å²) in [5.41, 5.74) is 9.78. The number of pyridine rings is 1. The summed E-state index contributed by atoms with van der Waals surface area (Å²) in [6, 6.07) is 12.0. The van der Waals surface area contributed by atoms with E-state index < -0.39 is 0 Å². The number of primary amides is 1. The largest absolute Gasteiger partial charge is 0.369 e. The molecule has 2 aliphatic heterocycles. The van der Waals surface area contributed by atoms with Crippen molar-refractivity contribution in [3.05, 3.63) is 76.2 Å². The second-order valence-corrected chi connectivity index (χ2v) is 10.6. The highest BCUT2D eigenvalue weighted by Gasteiger charge is 2.47. The van der Waals surface area contributed by atoms with Gasteiger partial charge in [-0.3, -0.25) is 9.79 Å². The first kappa shape index (κ1) is 22.3. The van der Waals surface area contributed by atoms with E-state index >= 15 is 0 Å². The molecule has 3 aromatic rings. The molecule has 4 N–H and O–H groups in total. The van der Waals surface area contributed by atoms with E-state index in [4.69, 9.17) is 33.2 Å². The van der Waals surface area contributed by atoms with Crippen LogP contribution in [0.25, 0.3) is 21.5 Å². The van der Waals surface area contributed by atoms with Crippen LogP contribution in [0, 0.1) is 11.8 Å². The van der Waals surface area contributed by atoms with Crippen LogP contribution >= 0.6 is 22.9 Å². The van der Waals surface area contributed by atoms with Gasteiger partial charge in [-0.2, -0.15) is 10.8 Å². The average Bonchev–Trinajstić information content (AvgIpc) is 3.50. The summed E-state index contributed by atoms with van der Waals surface area (Å²) in [5.74, 6) is 7.48. The maximum absolute atomic E-state index is 11.7. The SMILES string of the molecule is NC(=O)C1CCC(C2=C3C=NC=C[N+]3(N)C(c3cc4nc(-c5cccs5)ccc4cc3Cl)=N2)CC1. The molecule has 0 spiro atoms. The lowest BCUT2D eigenvalue weighted by atomic mass is 9.80. The Balaban J connectivity index is 1.43. The molecule has 0 saturated heterocycles. The Bertz CT molecular complexity index is 1470. The molecule has 1 unspecified atom stereocenters. The highest BCUT2D eigenvalue weighted by molar-refractivity contribution is 7.13. The lowest BCUT2D eigenvalue weighted by molar-refractivity contribution is -0.750. The molecule has 7 nitrogen and oxygen atoms in total. The Labute approximate surface area is 211 Å². The first-order valence-electron chi connectivity index (χ1n) is 11.6. The maximum atomic E-state index is 11.7. The molecule has 1 fully saturated rings. The molecular formula is C26H24ClN6OS+. The van der Waals surface area contributed by atoms with E-state index in [-0.39, 0.29) is 22.3 Å². The Hall–Kier alpha value is -3.17. The van der Waals surface area contributed by atoms with E-state index in [2.05, 4.69) is 11.1 Å². The van der Waals surface area contributed by atoms with Gasteiger partial charge in [-0.15, -0.1) is 15.9 Å². The van der Waals surface area contributed by atoms with Crippen molar-refractivity contribution in [3.8, 4) is 10.6 Å². The van der Waals surface area contributed by atoms with E-state index in [1.165, 1.54) is 0 Å². The fourth-order valence-electron chi connectivity index (χ4n) is 5.22. The minimum absolute atomic E-state index is 0.0720. The number of thiophene rings is 1. The van der Waals surface area contributed by atoms with Crippen LogP contribution in [-0.2, 0) is 4.79 Å². The molecule has 6 rings (SSSR count). The van der Waals surface area contributed by atoms with Crippen molar-refractivity contribution in [1.82, 2.24) is 4.98 Å². The Morgan fingerprint density at radius 1 is 1.14 bits per heavy atom. The van der Waals surface area contributed by atoms with Gasteiger partial charge in [-0.05, 0) is 55.3 Å². The smallest absolute Gasteiger partial charge is 0.266 e. The number of hydrogen-bond donors (Lipinski definition) is 2. The zero-order valence-corrected chi connectivity index (χ0v) is 20.5. The first-order valence-corrected chi connectivity index (χ1v) is 12.9. The fraction of sp³-hybridized carbons (Fsp3) is 0.231. The Morgan fingerprint density at radius 3 is 2.71 bits per heavy atom. The highest BCUT2D eigenvalue weighted by atomic mass is 35.5. The summed E-state index contributed by atoms with van der Waals surface area (Å²) >= 11 is 8.46. The van der Waals surface area contributed by atoms with E-state index in [0.29, 0.717) is 10.9 Å². The summed E-state index contributed by atoms with van der Waals surface area (Å²) in [7, 11) is 0. The van der Waals surface area contributed by atoms with Crippen LogP contribution in [0.2, 0.25) is 5.02 Å². The molecule has 1 aliphatic carbocycles. The van der Waals surface area contributed by atoms with Crippen LogP contribution < -0.4 is 11.6 Å². The zero-order valence-electron chi connectivity index (χ0n) is 18.9. The van der Waals surface area contributed by atoms with Crippen molar-refractivity contribution in [2.75, 3.05) is 0 Å². The van der Waals surface area contributed by atoms with Gasteiger partial charge in [-0.1, -0.05) is 23.7 Å². The third-order valence-electron chi connectivity index (χ3n) is 7.13. The van der Waals surface area contributed by atoms with Gasteiger partial charge >= 0.3 is 0 Å². The molecular weight excluding hydrogens is 480 g/mol. The second kappa shape index (κ2) is 8.49. The van der Waals surface area contributed by atoms with Crippen molar-refractivity contribution in [1.29, 1.82) is 0 Å². The number of carbonyl (C=O) groups is 1. The number of nitrogens with zero attached hydrogens (tertiary/aromatic N) is 4. The third kappa shape index (κ3) is 3.73. The van der Waals surface area contributed by atoms with Crippen LogP contribution in [0.15, 0.2) is 75.6 Å². The quantitative estimate of drug-likeness (QED) is 0.381. The summed E-state index contributed by atoms with van der Waals surface area (Å²) in [6.45, 7) is 0. The normalized spacial score (nSPS) is 25.7. The maximum Gasteiger partial charge on any atom is 0.266 e. The number of rotatable bonds is 4. The second-order valence-electron chi connectivity index (χ2n) is 9.21. The van der Waals surface area contributed by atoms with Crippen LogP contribution in [0.5, 0.6) is 0 Å². The minimum atomic E-state index is -0.222. The minimum Gasteiger partial charge on any atom is -0.369 e. The summed E-state index contributed by atoms with van der Waals surface area (Å²) < 4.78 is -0.0928. The molecule has 176 valence electrons. The average molecular weight is 504 g/mol. The van der Waals surface area contributed by atoms with Gasteiger partial charge in [0.1, 0.15) is 11.9 Å². The van der Waals surface area contributed by atoms with Crippen molar-refractivity contribution < 1.29 is 9.39 Å². The van der Waals surface area contributed by atoms with Gasteiger partial charge in [-0.25, -0.2) is 4.98 Å². The number of amides is 1. The molecule has 9 heteroatoms. The van der Waals surface area contributed by atoms with Gasteiger partial charge in [0.05, 0.1) is 39.1 Å². The fourth-order valence-corrected chi connectivity index (χ4v) is 6.17. The number of aromatic nitrogens is 1. The number of allylic oxidation sites excluding steroid dienone is 2. The Kier molecular flexibility index (Phi) is 5.41. The number of benzene rings is 1. The molecule has 1 atom stereocenters. The van der Waals surface area contributed by atoms with Crippen molar-refractivity contribution in [2.45, 2.75) is 25.7 Å². The third-order valence-corrected chi connectivity index (χ3v) is 8.34. The standard InChI is InChI=1S/C26H23ClN6OS/c27-19-12-17-7-8-20(23-2-1-11-35-23)31-21(17)13-18(19)26-32-24(22-14-30-9-10-33(22,26)29)15-3-5-16(6-4-15)25(28)34/h1-2,7-16H,3-6,29H2,(H-,28,34)/p+1. The van der Waals surface area contributed by atoms with Crippen LogP contribution in [0.4, 0.5) is 0 Å². The molecule has 1 aromatic carbocycles. The van der Waals surface area contributed by atoms with Crippen molar-refractivity contribution >= 4 is 51.8 Å². The number of halogens is 1. The predicted molar refractivity (Wildman–Crippen MR) is 140 cm³/mol. The highest BCUT2D eigenvalue weighted by Crippen LogP contribution is 2.42. The van der Waals surface area contributed by atoms with E-state index in [1.54, 1.807) is 23.8 Å². The molecule has 0 bridgehead atoms. The van der Waals surface area contributed by atoms with Gasteiger partial charge in [0.15, 0.2) is 0 Å². The van der Waals surface area contributed by atoms with Crippen LogP contribution in [-0.4, -0.2) is 27.5 Å². The zero-order chi connectivity index (χ0) is 24.2. The number of hydrogen-bond acceptors (Lipinski definition) is 6. The molecule has 1 saturated carbocycles. The monoisotopic (exact) mass is 503 g/mol. The van der Waals surface area contributed by atoms with Gasteiger partial charge < -0.3 is 5.73 Å². The lowest BCUT2D eigenvalue weighted by Gasteiger charge is -2.28. The van der Waals surface area contributed by atoms with Gasteiger partial charge in [0.25, 0.3) is 5.84 Å². The number of quaternary nitrogens is 1. The molecule has 4 heterocycles. The molecule has 3 aliphatic rings. The molecule has 1 amide bonds. The van der Waals surface area contributed by atoms with Crippen LogP contribution in [0.3, 0.4) is 0 Å². The van der Waals surface area contributed by atoms with Crippen molar-refractivity contribution in [2.24, 2.45) is 33.4 Å². The number of carbonyl (C=O) groups excluding carboxylic acids is 1. The van der Waals surface area contributed by atoms with Crippen molar-refractivity contribution in [3.63, 3.8) is 0 Å². The number of amidine groups is 1. The lowest BCUT2D eigenvalue weighted by Crippen LogP contribution is -2.53. The van der Waals surface area contributed by atoms with E-state index in [0.717, 1.165) is 64.1 Å². The predicted octanol–water partition coefficient (Wildman–Crippen LogP) is 5.13. The summed E-state index contributed by atoms with van der Waals surface area (Å²) in [5, 5.41) is 3.56. The molecule has 0 radical (unpaired) electrons. The van der Waals surface area contributed by atoms with Gasteiger partial charge in [0, 0.05) is 17.2 Å². The summed E-state index contributed by atoms with van der Waals surface area (Å²) in [6.07, 6.45) is 8.47. The Morgan fingerprint density at radius 2 is 1.97 bits per heavy atom. The topological polar surface area (TPSA) is 107 Å². The number of fused-ring (bicyclic) bond motifs is 2. The molecule has 35 heavy (non-hydrogen) atoms.